The Morgan fingerprint density at radius 3 is 2.89 bits per heavy atom. The Labute approximate surface area is 108 Å². The number of hydrogen-bond acceptors (Lipinski definition) is 4. The molecule has 0 saturated carbocycles. The second-order valence-corrected chi connectivity index (χ2v) is 4.41. The molecule has 0 fully saturated rings. The first-order valence-electron chi connectivity index (χ1n) is 5.87. The number of nitrogens with two attached hydrogens (primary N) is 1. The van der Waals surface area contributed by atoms with Gasteiger partial charge < -0.3 is 5.73 Å². The summed E-state index contributed by atoms with van der Waals surface area (Å²) < 4.78 is 13.3. The third-order valence-electron chi connectivity index (χ3n) is 3.16. The SMILES string of the molecule is CC(c1cccc(F)c1)c1cc(N)nc2n[nH]nc12. The van der Waals surface area contributed by atoms with Gasteiger partial charge in [-0.05, 0) is 29.3 Å². The molecule has 0 radical (unpaired) electrons. The number of hydrogen-bond donors (Lipinski definition) is 2. The summed E-state index contributed by atoms with van der Waals surface area (Å²) in [6.07, 6.45) is 0. The van der Waals surface area contributed by atoms with Gasteiger partial charge in [-0.2, -0.15) is 10.3 Å². The number of pyridine rings is 1. The highest BCUT2D eigenvalue weighted by Crippen LogP contribution is 2.29. The van der Waals surface area contributed by atoms with Crippen LogP contribution in [0.1, 0.15) is 24.0 Å². The Balaban J connectivity index is 2.15. The predicted molar refractivity (Wildman–Crippen MR) is 70.0 cm³/mol. The zero-order chi connectivity index (χ0) is 13.4. The second kappa shape index (κ2) is 4.31. The van der Waals surface area contributed by atoms with E-state index >= 15 is 0 Å². The zero-order valence-electron chi connectivity index (χ0n) is 10.3. The number of nitrogens with one attached hydrogen (secondary N) is 1. The Morgan fingerprint density at radius 2 is 2.11 bits per heavy atom. The smallest absolute Gasteiger partial charge is 0.203 e. The Morgan fingerprint density at radius 1 is 1.26 bits per heavy atom. The van der Waals surface area contributed by atoms with E-state index in [1.165, 1.54) is 12.1 Å². The van der Waals surface area contributed by atoms with E-state index in [9.17, 15) is 4.39 Å². The van der Waals surface area contributed by atoms with Gasteiger partial charge in [0.15, 0.2) is 0 Å². The summed E-state index contributed by atoms with van der Waals surface area (Å²) in [5.74, 6) is 0.0658. The summed E-state index contributed by atoms with van der Waals surface area (Å²) >= 11 is 0. The van der Waals surface area contributed by atoms with E-state index in [1.54, 1.807) is 12.1 Å². The van der Waals surface area contributed by atoms with Crippen LogP contribution < -0.4 is 5.73 Å². The Hall–Kier alpha value is -2.50. The van der Waals surface area contributed by atoms with Crippen LogP contribution in [-0.2, 0) is 0 Å². The molecule has 0 saturated heterocycles. The fourth-order valence-corrected chi connectivity index (χ4v) is 2.16. The van der Waals surface area contributed by atoms with E-state index in [0.29, 0.717) is 17.0 Å². The number of fused-ring (bicyclic) bond motifs is 1. The van der Waals surface area contributed by atoms with Gasteiger partial charge in [-0.25, -0.2) is 9.37 Å². The molecular formula is C13H12FN5. The quantitative estimate of drug-likeness (QED) is 0.737. The van der Waals surface area contributed by atoms with E-state index in [2.05, 4.69) is 20.4 Å². The van der Waals surface area contributed by atoms with E-state index < -0.39 is 0 Å². The van der Waals surface area contributed by atoms with Gasteiger partial charge in [0.05, 0.1) is 0 Å². The molecule has 1 atom stereocenters. The van der Waals surface area contributed by atoms with Gasteiger partial charge in [0.1, 0.15) is 17.2 Å². The minimum Gasteiger partial charge on any atom is -0.384 e. The highest BCUT2D eigenvalue weighted by molar-refractivity contribution is 5.76. The summed E-state index contributed by atoms with van der Waals surface area (Å²) in [5, 5.41) is 10.5. The lowest BCUT2D eigenvalue weighted by Crippen LogP contribution is -2.01. The maximum Gasteiger partial charge on any atom is 0.203 e. The molecule has 3 rings (SSSR count). The van der Waals surface area contributed by atoms with E-state index in [-0.39, 0.29) is 11.7 Å². The molecule has 3 aromatic rings. The highest BCUT2D eigenvalue weighted by Gasteiger charge is 2.16. The molecule has 2 heterocycles. The monoisotopic (exact) mass is 257 g/mol. The molecule has 2 aromatic heterocycles. The van der Waals surface area contributed by atoms with Crippen molar-refractivity contribution in [2.75, 3.05) is 5.73 Å². The largest absolute Gasteiger partial charge is 0.384 e. The highest BCUT2D eigenvalue weighted by atomic mass is 19.1. The predicted octanol–water partition coefficient (Wildman–Crippen LogP) is 2.23. The van der Waals surface area contributed by atoms with Gasteiger partial charge in [0, 0.05) is 5.92 Å². The topological polar surface area (TPSA) is 80.5 Å². The van der Waals surface area contributed by atoms with Crippen LogP contribution in [-0.4, -0.2) is 20.4 Å². The number of halogens is 1. The van der Waals surface area contributed by atoms with Gasteiger partial charge >= 0.3 is 0 Å². The summed E-state index contributed by atoms with van der Waals surface area (Å²) in [5.41, 5.74) is 8.62. The van der Waals surface area contributed by atoms with Gasteiger partial charge in [0.25, 0.3) is 0 Å². The third-order valence-corrected chi connectivity index (χ3v) is 3.16. The molecular weight excluding hydrogens is 245 g/mol. The van der Waals surface area contributed by atoms with Crippen molar-refractivity contribution in [2.24, 2.45) is 0 Å². The molecule has 0 bridgehead atoms. The van der Waals surface area contributed by atoms with Crippen molar-refractivity contribution in [2.45, 2.75) is 12.8 Å². The standard InChI is InChI=1S/C13H12FN5/c1-7(8-3-2-4-9(14)5-8)10-6-11(15)16-13-12(10)17-19-18-13/h2-7H,1H3,(H3,15,16,17,18,19). The molecule has 96 valence electrons. The average molecular weight is 257 g/mol. The molecule has 5 nitrogen and oxygen atoms in total. The molecule has 0 aliphatic heterocycles. The summed E-state index contributed by atoms with van der Waals surface area (Å²) in [4.78, 5) is 4.09. The molecule has 0 amide bonds. The molecule has 3 N–H and O–H groups in total. The van der Waals surface area contributed by atoms with E-state index in [0.717, 1.165) is 11.1 Å². The van der Waals surface area contributed by atoms with Gasteiger partial charge in [-0.1, -0.05) is 19.1 Å². The molecule has 0 aliphatic carbocycles. The van der Waals surface area contributed by atoms with Crippen LogP contribution in [0.15, 0.2) is 30.3 Å². The van der Waals surface area contributed by atoms with Crippen LogP contribution in [0.5, 0.6) is 0 Å². The van der Waals surface area contributed by atoms with Crippen molar-refractivity contribution in [3.05, 3.63) is 47.3 Å². The molecule has 0 spiro atoms. The molecule has 6 heteroatoms. The Bertz CT molecular complexity index is 737. The minimum absolute atomic E-state index is 0.0476. The number of nitrogens with zero attached hydrogens (tertiary/aromatic N) is 3. The number of anilines is 1. The first kappa shape index (κ1) is 11.6. The van der Waals surface area contributed by atoms with E-state index in [1.807, 2.05) is 13.0 Å². The van der Waals surface area contributed by atoms with Crippen molar-refractivity contribution < 1.29 is 4.39 Å². The van der Waals surface area contributed by atoms with Crippen LogP contribution in [0.4, 0.5) is 10.2 Å². The number of H-pyrrole nitrogens is 1. The summed E-state index contributed by atoms with van der Waals surface area (Å²) in [6, 6.07) is 8.23. The van der Waals surface area contributed by atoms with Crippen molar-refractivity contribution in [1.82, 2.24) is 20.4 Å². The van der Waals surface area contributed by atoms with Gasteiger partial charge in [0.2, 0.25) is 5.65 Å². The molecule has 0 aliphatic rings. The van der Waals surface area contributed by atoms with Crippen LogP contribution in [0, 0.1) is 5.82 Å². The van der Waals surface area contributed by atoms with Crippen LogP contribution in [0.2, 0.25) is 0 Å². The van der Waals surface area contributed by atoms with Crippen LogP contribution in [0.25, 0.3) is 11.2 Å². The lowest BCUT2D eigenvalue weighted by Gasteiger charge is -2.13. The maximum atomic E-state index is 13.3. The number of nitrogen functional groups attached to an aromatic ring is 1. The lowest BCUT2D eigenvalue weighted by molar-refractivity contribution is 0.624. The fraction of sp³-hybridized carbons (Fsp3) is 0.154. The Kier molecular flexibility index (Phi) is 2.63. The van der Waals surface area contributed by atoms with Gasteiger partial charge in [-0.3, -0.25) is 0 Å². The van der Waals surface area contributed by atoms with Crippen LogP contribution >= 0.6 is 0 Å². The summed E-state index contributed by atoms with van der Waals surface area (Å²) in [7, 11) is 0. The number of rotatable bonds is 2. The number of aromatic amines is 1. The van der Waals surface area contributed by atoms with Crippen molar-refractivity contribution in [1.29, 1.82) is 0 Å². The molecule has 19 heavy (non-hydrogen) atoms. The summed E-state index contributed by atoms with van der Waals surface area (Å²) in [6.45, 7) is 1.97. The number of benzene rings is 1. The lowest BCUT2D eigenvalue weighted by atomic mass is 9.93. The van der Waals surface area contributed by atoms with Crippen molar-refractivity contribution in [3.8, 4) is 0 Å². The van der Waals surface area contributed by atoms with Crippen molar-refractivity contribution in [3.63, 3.8) is 0 Å². The normalized spacial score (nSPS) is 12.7. The zero-order valence-corrected chi connectivity index (χ0v) is 10.3. The van der Waals surface area contributed by atoms with Gasteiger partial charge in [-0.15, -0.1) is 5.10 Å². The third kappa shape index (κ3) is 2.01. The first-order chi connectivity index (χ1) is 9.15. The fourth-order valence-electron chi connectivity index (χ4n) is 2.16. The number of aromatic nitrogens is 4. The maximum absolute atomic E-state index is 13.3. The minimum atomic E-state index is -0.261. The first-order valence-corrected chi connectivity index (χ1v) is 5.87. The molecule has 1 unspecified atom stereocenters. The van der Waals surface area contributed by atoms with E-state index in [4.69, 9.17) is 5.73 Å². The molecule has 1 aromatic carbocycles. The van der Waals surface area contributed by atoms with Crippen molar-refractivity contribution >= 4 is 17.0 Å². The second-order valence-electron chi connectivity index (χ2n) is 4.41. The van der Waals surface area contributed by atoms with Crippen LogP contribution in [0.3, 0.4) is 0 Å². The average Bonchev–Trinajstić information content (AvgIpc) is 2.85.